The third-order valence-electron chi connectivity index (χ3n) is 3.02. The number of nitrogens with two attached hydrogens (primary N) is 1. The zero-order valence-electron chi connectivity index (χ0n) is 11.6. The van der Waals surface area contributed by atoms with Gasteiger partial charge in [0.1, 0.15) is 5.69 Å². The van der Waals surface area contributed by atoms with Gasteiger partial charge in [-0.1, -0.05) is 23.7 Å². The summed E-state index contributed by atoms with van der Waals surface area (Å²) in [6.07, 6.45) is 1.63. The molecule has 0 radical (unpaired) electrons. The summed E-state index contributed by atoms with van der Waals surface area (Å²) >= 11 is 7.60. The molecule has 0 aliphatic rings. The molecule has 1 aromatic carbocycles. The molecule has 3 rings (SSSR count). The van der Waals surface area contributed by atoms with Gasteiger partial charge in [-0.2, -0.15) is 0 Å². The number of anilines is 1. The number of thiazole rings is 1. The van der Waals surface area contributed by atoms with E-state index in [0.29, 0.717) is 16.5 Å². The van der Waals surface area contributed by atoms with Gasteiger partial charge in [0, 0.05) is 10.6 Å². The topological polar surface area (TPSA) is 64.7 Å². The van der Waals surface area contributed by atoms with Crippen LogP contribution in [0.25, 0.3) is 22.0 Å². The predicted octanol–water partition coefficient (Wildman–Crippen LogP) is 4.12. The highest BCUT2D eigenvalue weighted by molar-refractivity contribution is 7.15. The molecule has 0 saturated carbocycles. The van der Waals surface area contributed by atoms with Gasteiger partial charge in [0.25, 0.3) is 0 Å². The van der Waals surface area contributed by atoms with Gasteiger partial charge in [-0.3, -0.25) is 0 Å². The lowest BCUT2D eigenvalue weighted by molar-refractivity contribution is 1.17. The summed E-state index contributed by atoms with van der Waals surface area (Å²) in [4.78, 5) is 14.3. The highest BCUT2D eigenvalue weighted by atomic mass is 35.5. The normalized spacial score (nSPS) is 10.8. The van der Waals surface area contributed by atoms with Gasteiger partial charge in [0.2, 0.25) is 0 Å². The van der Waals surface area contributed by atoms with Gasteiger partial charge in [-0.05, 0) is 26.0 Å². The second-order valence-electron chi connectivity index (χ2n) is 4.66. The van der Waals surface area contributed by atoms with E-state index >= 15 is 0 Å². The van der Waals surface area contributed by atoms with Crippen LogP contribution in [0.2, 0.25) is 5.02 Å². The molecule has 106 valence electrons. The fourth-order valence-electron chi connectivity index (χ4n) is 2.09. The minimum absolute atomic E-state index is 0.549. The Morgan fingerprint density at radius 3 is 2.67 bits per heavy atom. The minimum Gasteiger partial charge on any atom is -0.396 e. The average Bonchev–Trinajstić information content (AvgIpc) is 2.78. The van der Waals surface area contributed by atoms with Crippen LogP contribution < -0.4 is 5.73 Å². The Kier molecular flexibility index (Phi) is 3.61. The third kappa shape index (κ3) is 2.75. The molecule has 2 heterocycles. The van der Waals surface area contributed by atoms with E-state index in [2.05, 4.69) is 15.0 Å². The number of aryl methyl sites for hydroxylation is 2. The number of hydrogen-bond acceptors (Lipinski definition) is 5. The molecule has 6 heteroatoms. The monoisotopic (exact) mass is 316 g/mol. The summed E-state index contributed by atoms with van der Waals surface area (Å²) < 4.78 is 0. The maximum Gasteiger partial charge on any atom is 0.160 e. The summed E-state index contributed by atoms with van der Waals surface area (Å²) in [5.74, 6) is 0.604. The first kappa shape index (κ1) is 14.0. The summed E-state index contributed by atoms with van der Waals surface area (Å²) in [6.45, 7) is 3.93. The van der Waals surface area contributed by atoms with E-state index in [1.54, 1.807) is 17.5 Å². The Morgan fingerprint density at radius 1 is 1.19 bits per heavy atom. The second-order valence-corrected chi connectivity index (χ2v) is 6.29. The van der Waals surface area contributed by atoms with Gasteiger partial charge in [-0.15, -0.1) is 11.3 Å². The van der Waals surface area contributed by atoms with Crippen LogP contribution in [0.15, 0.2) is 30.5 Å². The number of rotatable bonds is 2. The maximum absolute atomic E-state index is 6.04. The number of aromatic nitrogens is 3. The molecule has 0 aliphatic heterocycles. The molecule has 0 atom stereocenters. The Labute approximate surface area is 131 Å². The van der Waals surface area contributed by atoms with Crippen LogP contribution in [0.4, 0.5) is 5.69 Å². The first-order valence-electron chi connectivity index (χ1n) is 6.37. The highest BCUT2D eigenvalue weighted by Crippen LogP contribution is 2.33. The summed E-state index contributed by atoms with van der Waals surface area (Å²) in [5.41, 5.74) is 9.10. The van der Waals surface area contributed by atoms with Crippen molar-refractivity contribution < 1.29 is 0 Å². The molecule has 3 aromatic rings. The third-order valence-corrected chi connectivity index (χ3v) is 4.33. The van der Waals surface area contributed by atoms with Crippen molar-refractivity contribution in [3.05, 3.63) is 46.2 Å². The Balaban J connectivity index is 2.15. The summed E-state index contributed by atoms with van der Waals surface area (Å²) in [7, 11) is 0. The van der Waals surface area contributed by atoms with E-state index in [9.17, 15) is 0 Å². The molecule has 2 aromatic heterocycles. The zero-order chi connectivity index (χ0) is 15.0. The largest absolute Gasteiger partial charge is 0.396 e. The highest BCUT2D eigenvalue weighted by Gasteiger charge is 2.14. The quantitative estimate of drug-likeness (QED) is 0.772. The van der Waals surface area contributed by atoms with Crippen LogP contribution in [0.5, 0.6) is 0 Å². The molecule has 2 N–H and O–H groups in total. The van der Waals surface area contributed by atoms with Crippen molar-refractivity contribution in [3.8, 4) is 22.0 Å². The van der Waals surface area contributed by atoms with Crippen molar-refractivity contribution >= 4 is 28.6 Å². The Bertz CT molecular complexity index is 813. The van der Waals surface area contributed by atoms with E-state index in [4.69, 9.17) is 17.3 Å². The van der Waals surface area contributed by atoms with Crippen molar-refractivity contribution in [2.24, 2.45) is 0 Å². The average molecular weight is 317 g/mol. The van der Waals surface area contributed by atoms with Gasteiger partial charge in [0.15, 0.2) is 5.82 Å². The Morgan fingerprint density at radius 2 is 2.00 bits per heavy atom. The van der Waals surface area contributed by atoms with Crippen molar-refractivity contribution in [1.29, 1.82) is 0 Å². The SMILES string of the molecule is Cc1nc(C)c(-c2nc(-c3cccc(Cl)c3)ncc2N)s1. The first-order valence-corrected chi connectivity index (χ1v) is 7.57. The molecule has 21 heavy (non-hydrogen) atoms. The van der Waals surface area contributed by atoms with Crippen LogP contribution in [0, 0.1) is 13.8 Å². The number of hydrogen-bond donors (Lipinski definition) is 1. The molecule has 0 unspecified atom stereocenters. The number of nitrogens with zero attached hydrogens (tertiary/aromatic N) is 3. The van der Waals surface area contributed by atoms with Crippen LogP contribution in [-0.4, -0.2) is 15.0 Å². The predicted molar refractivity (Wildman–Crippen MR) is 87.5 cm³/mol. The molecule has 0 aliphatic carbocycles. The molecule has 0 fully saturated rings. The molecule has 4 nitrogen and oxygen atoms in total. The van der Waals surface area contributed by atoms with E-state index in [0.717, 1.165) is 26.8 Å². The molecule has 0 saturated heterocycles. The summed E-state index contributed by atoms with van der Waals surface area (Å²) in [6, 6.07) is 7.45. The van der Waals surface area contributed by atoms with Crippen LogP contribution in [-0.2, 0) is 0 Å². The van der Waals surface area contributed by atoms with E-state index in [1.165, 1.54) is 0 Å². The lowest BCUT2D eigenvalue weighted by Gasteiger charge is -2.06. The van der Waals surface area contributed by atoms with Crippen LogP contribution in [0.3, 0.4) is 0 Å². The van der Waals surface area contributed by atoms with Gasteiger partial charge < -0.3 is 5.73 Å². The van der Waals surface area contributed by atoms with E-state index < -0.39 is 0 Å². The Hall–Kier alpha value is -1.98. The van der Waals surface area contributed by atoms with Crippen molar-refractivity contribution in [3.63, 3.8) is 0 Å². The zero-order valence-corrected chi connectivity index (χ0v) is 13.2. The van der Waals surface area contributed by atoms with Gasteiger partial charge >= 0.3 is 0 Å². The fraction of sp³-hybridized carbons (Fsp3) is 0.133. The molecule has 0 amide bonds. The van der Waals surface area contributed by atoms with Crippen LogP contribution in [0.1, 0.15) is 10.7 Å². The lowest BCUT2D eigenvalue weighted by atomic mass is 10.2. The van der Waals surface area contributed by atoms with Crippen molar-refractivity contribution in [2.75, 3.05) is 5.73 Å². The molecule has 0 spiro atoms. The molecular formula is C15H13ClN4S. The van der Waals surface area contributed by atoms with Crippen molar-refractivity contribution in [2.45, 2.75) is 13.8 Å². The smallest absolute Gasteiger partial charge is 0.160 e. The molecular weight excluding hydrogens is 304 g/mol. The van der Waals surface area contributed by atoms with E-state index in [1.807, 2.05) is 38.1 Å². The minimum atomic E-state index is 0.549. The number of halogens is 1. The number of benzene rings is 1. The number of nitrogen functional groups attached to an aromatic ring is 1. The second kappa shape index (κ2) is 5.42. The standard InChI is InChI=1S/C15H13ClN4S/c1-8-14(21-9(2)19-8)13-12(17)7-18-15(20-13)10-4-3-5-11(16)6-10/h3-7H,17H2,1-2H3. The lowest BCUT2D eigenvalue weighted by Crippen LogP contribution is -1.98. The first-order chi connectivity index (χ1) is 10.0. The molecule has 0 bridgehead atoms. The maximum atomic E-state index is 6.04. The van der Waals surface area contributed by atoms with Crippen molar-refractivity contribution in [1.82, 2.24) is 15.0 Å². The van der Waals surface area contributed by atoms with Gasteiger partial charge in [0.05, 0.1) is 27.5 Å². The van der Waals surface area contributed by atoms with Gasteiger partial charge in [-0.25, -0.2) is 15.0 Å². The summed E-state index contributed by atoms with van der Waals surface area (Å²) in [5, 5.41) is 1.64. The fourth-order valence-corrected chi connectivity index (χ4v) is 3.21. The van der Waals surface area contributed by atoms with Crippen LogP contribution >= 0.6 is 22.9 Å². The van der Waals surface area contributed by atoms with E-state index in [-0.39, 0.29) is 0 Å².